The Morgan fingerprint density at radius 3 is 2.38 bits per heavy atom. The van der Waals surface area contributed by atoms with Gasteiger partial charge in [-0.05, 0) is 37.8 Å². The Labute approximate surface area is 143 Å². The van der Waals surface area contributed by atoms with Crippen LogP contribution in [0.3, 0.4) is 0 Å². The Morgan fingerprint density at radius 2 is 1.79 bits per heavy atom. The molecule has 5 nitrogen and oxygen atoms in total. The standard InChI is InChI=1S/C19H28N2O3/c1-3-11-19(24,12-4-2)13-17(22)21-16-8-6-5-7-15(16)18(23)20-14-9-10-14/h5-8,14,24H,3-4,9-13H2,1-2H3,(H,20,23)(H,21,22). The second-order valence-electron chi connectivity index (χ2n) is 6.74. The summed E-state index contributed by atoms with van der Waals surface area (Å²) in [7, 11) is 0. The summed E-state index contributed by atoms with van der Waals surface area (Å²) in [6.07, 6.45) is 4.92. The molecule has 132 valence electrons. The Hall–Kier alpha value is -1.88. The highest BCUT2D eigenvalue weighted by Crippen LogP contribution is 2.25. The van der Waals surface area contributed by atoms with Crippen molar-refractivity contribution in [1.82, 2.24) is 5.32 Å². The number of amides is 2. The van der Waals surface area contributed by atoms with Crippen LogP contribution in [-0.4, -0.2) is 28.6 Å². The molecule has 1 aromatic rings. The molecule has 3 N–H and O–H groups in total. The summed E-state index contributed by atoms with van der Waals surface area (Å²) in [5.41, 5.74) is -0.0121. The van der Waals surface area contributed by atoms with Crippen molar-refractivity contribution in [1.29, 1.82) is 0 Å². The molecule has 2 rings (SSSR count). The first-order valence-electron chi connectivity index (χ1n) is 8.89. The van der Waals surface area contributed by atoms with E-state index in [-0.39, 0.29) is 24.3 Å². The smallest absolute Gasteiger partial charge is 0.253 e. The Morgan fingerprint density at radius 1 is 1.17 bits per heavy atom. The summed E-state index contributed by atoms with van der Waals surface area (Å²) in [5.74, 6) is -0.420. The van der Waals surface area contributed by atoms with E-state index in [2.05, 4.69) is 10.6 Å². The SMILES string of the molecule is CCCC(O)(CCC)CC(=O)Nc1ccccc1C(=O)NC1CC1. The third-order valence-electron chi connectivity index (χ3n) is 4.28. The normalized spacial score (nSPS) is 14.3. The van der Waals surface area contributed by atoms with E-state index in [4.69, 9.17) is 0 Å². The zero-order valence-electron chi connectivity index (χ0n) is 14.6. The second-order valence-corrected chi connectivity index (χ2v) is 6.74. The molecule has 0 aromatic heterocycles. The highest BCUT2D eigenvalue weighted by atomic mass is 16.3. The maximum atomic E-state index is 12.4. The zero-order valence-corrected chi connectivity index (χ0v) is 14.6. The first-order chi connectivity index (χ1) is 11.5. The predicted octanol–water partition coefficient (Wildman–Crippen LogP) is 3.24. The lowest BCUT2D eigenvalue weighted by Crippen LogP contribution is -2.34. The number of hydrogen-bond donors (Lipinski definition) is 3. The van der Waals surface area contributed by atoms with Crippen LogP contribution in [0.4, 0.5) is 5.69 Å². The Balaban J connectivity index is 2.04. The van der Waals surface area contributed by atoms with Crippen LogP contribution in [0.5, 0.6) is 0 Å². The number of aliphatic hydroxyl groups is 1. The third kappa shape index (κ3) is 5.34. The predicted molar refractivity (Wildman–Crippen MR) is 94.9 cm³/mol. The molecule has 1 aliphatic rings. The van der Waals surface area contributed by atoms with E-state index < -0.39 is 5.60 Å². The molecule has 0 aliphatic heterocycles. The second kappa shape index (κ2) is 8.29. The van der Waals surface area contributed by atoms with E-state index in [9.17, 15) is 14.7 Å². The summed E-state index contributed by atoms with van der Waals surface area (Å²) in [4.78, 5) is 24.7. The van der Waals surface area contributed by atoms with Gasteiger partial charge < -0.3 is 15.7 Å². The van der Waals surface area contributed by atoms with Crippen molar-refractivity contribution in [2.45, 2.75) is 70.4 Å². The number of benzene rings is 1. The van der Waals surface area contributed by atoms with Crippen LogP contribution >= 0.6 is 0 Å². The average molecular weight is 332 g/mol. The quantitative estimate of drug-likeness (QED) is 0.649. The molecule has 1 fully saturated rings. The lowest BCUT2D eigenvalue weighted by atomic mass is 9.89. The largest absolute Gasteiger partial charge is 0.389 e. The number of anilines is 1. The van der Waals surface area contributed by atoms with Crippen LogP contribution in [0.2, 0.25) is 0 Å². The molecule has 0 atom stereocenters. The first-order valence-corrected chi connectivity index (χ1v) is 8.89. The van der Waals surface area contributed by atoms with Crippen LogP contribution < -0.4 is 10.6 Å². The topological polar surface area (TPSA) is 78.4 Å². The van der Waals surface area contributed by atoms with Gasteiger partial charge in [-0.15, -0.1) is 0 Å². The van der Waals surface area contributed by atoms with Gasteiger partial charge in [0.15, 0.2) is 0 Å². The van der Waals surface area contributed by atoms with Gasteiger partial charge in [0, 0.05) is 6.04 Å². The summed E-state index contributed by atoms with van der Waals surface area (Å²) >= 11 is 0. The van der Waals surface area contributed by atoms with Crippen LogP contribution in [0.15, 0.2) is 24.3 Å². The van der Waals surface area contributed by atoms with Crippen molar-refractivity contribution in [3.63, 3.8) is 0 Å². The molecule has 0 heterocycles. The summed E-state index contributed by atoms with van der Waals surface area (Å²) in [6, 6.07) is 7.26. The minimum Gasteiger partial charge on any atom is -0.389 e. The van der Waals surface area contributed by atoms with Crippen molar-refractivity contribution >= 4 is 17.5 Å². The number of hydrogen-bond acceptors (Lipinski definition) is 3. The van der Waals surface area contributed by atoms with E-state index >= 15 is 0 Å². The molecule has 1 aromatic carbocycles. The van der Waals surface area contributed by atoms with Gasteiger partial charge in [0.05, 0.1) is 23.3 Å². The molecule has 0 unspecified atom stereocenters. The van der Waals surface area contributed by atoms with Crippen LogP contribution in [0, 0.1) is 0 Å². The molecule has 0 saturated heterocycles. The maximum Gasteiger partial charge on any atom is 0.253 e. The molecule has 1 aliphatic carbocycles. The average Bonchev–Trinajstić information content (AvgIpc) is 3.31. The molecule has 2 amide bonds. The molecule has 1 saturated carbocycles. The molecular formula is C19H28N2O3. The molecule has 0 radical (unpaired) electrons. The lowest BCUT2D eigenvalue weighted by Gasteiger charge is -2.27. The van der Waals surface area contributed by atoms with E-state index in [1.807, 2.05) is 13.8 Å². The van der Waals surface area contributed by atoms with Gasteiger partial charge in [-0.2, -0.15) is 0 Å². The van der Waals surface area contributed by atoms with Crippen molar-refractivity contribution in [2.24, 2.45) is 0 Å². The van der Waals surface area contributed by atoms with Crippen LogP contribution in [0.25, 0.3) is 0 Å². The number of rotatable bonds is 9. The van der Waals surface area contributed by atoms with E-state index in [0.29, 0.717) is 24.1 Å². The summed E-state index contributed by atoms with van der Waals surface area (Å²) in [5, 5.41) is 16.4. The van der Waals surface area contributed by atoms with E-state index in [1.54, 1.807) is 24.3 Å². The Kier molecular flexibility index (Phi) is 6.37. The van der Waals surface area contributed by atoms with E-state index in [1.165, 1.54) is 0 Å². The molecular weight excluding hydrogens is 304 g/mol. The first kappa shape index (κ1) is 18.5. The van der Waals surface area contributed by atoms with Crippen molar-refractivity contribution < 1.29 is 14.7 Å². The van der Waals surface area contributed by atoms with Gasteiger partial charge in [0.25, 0.3) is 5.91 Å². The number of carbonyl (C=O) groups excluding carboxylic acids is 2. The highest BCUT2D eigenvalue weighted by molar-refractivity contribution is 6.04. The van der Waals surface area contributed by atoms with Gasteiger partial charge >= 0.3 is 0 Å². The van der Waals surface area contributed by atoms with Crippen LogP contribution in [-0.2, 0) is 4.79 Å². The summed E-state index contributed by atoms with van der Waals surface area (Å²) in [6.45, 7) is 3.99. The minimum absolute atomic E-state index is 0.0489. The minimum atomic E-state index is -0.973. The number of para-hydroxylation sites is 1. The monoisotopic (exact) mass is 332 g/mol. The fraction of sp³-hybridized carbons (Fsp3) is 0.579. The van der Waals surface area contributed by atoms with Crippen molar-refractivity contribution in [2.75, 3.05) is 5.32 Å². The van der Waals surface area contributed by atoms with E-state index in [0.717, 1.165) is 25.7 Å². The zero-order chi connectivity index (χ0) is 17.6. The maximum absolute atomic E-state index is 12.4. The van der Waals surface area contributed by atoms with Crippen molar-refractivity contribution in [3.8, 4) is 0 Å². The fourth-order valence-corrected chi connectivity index (χ4v) is 3.01. The lowest BCUT2D eigenvalue weighted by molar-refractivity contribution is -0.121. The Bertz CT molecular complexity index is 576. The van der Waals surface area contributed by atoms with Gasteiger partial charge in [-0.25, -0.2) is 0 Å². The van der Waals surface area contributed by atoms with Gasteiger partial charge in [0.1, 0.15) is 0 Å². The molecule has 5 heteroatoms. The fourth-order valence-electron chi connectivity index (χ4n) is 3.01. The van der Waals surface area contributed by atoms with Gasteiger partial charge in [-0.3, -0.25) is 9.59 Å². The van der Waals surface area contributed by atoms with Crippen molar-refractivity contribution in [3.05, 3.63) is 29.8 Å². The molecule has 24 heavy (non-hydrogen) atoms. The summed E-state index contributed by atoms with van der Waals surface area (Å²) < 4.78 is 0. The van der Waals surface area contributed by atoms with Gasteiger partial charge in [0.2, 0.25) is 5.91 Å². The molecule has 0 spiro atoms. The number of carbonyl (C=O) groups is 2. The third-order valence-corrected chi connectivity index (χ3v) is 4.28. The highest BCUT2D eigenvalue weighted by Gasteiger charge is 2.29. The number of nitrogens with one attached hydrogen (secondary N) is 2. The van der Waals surface area contributed by atoms with Crippen LogP contribution in [0.1, 0.15) is 69.2 Å². The van der Waals surface area contributed by atoms with Gasteiger partial charge in [-0.1, -0.05) is 38.8 Å². The molecule has 0 bridgehead atoms.